The fourth-order valence-corrected chi connectivity index (χ4v) is 2.59. The summed E-state index contributed by atoms with van der Waals surface area (Å²) >= 11 is 5.74. The molecule has 3 rings (SSSR count). The van der Waals surface area contributed by atoms with Gasteiger partial charge in [-0.25, -0.2) is 0 Å². The van der Waals surface area contributed by atoms with Crippen LogP contribution in [0.1, 0.15) is 0 Å². The Morgan fingerprint density at radius 3 is 2.84 bits per heavy atom. The molecule has 128 valence electrons. The molecule has 0 radical (unpaired) electrons. The van der Waals surface area contributed by atoms with Gasteiger partial charge in [-0.05, 0) is 24.3 Å². The number of nitro benzene ring substituents is 1. The van der Waals surface area contributed by atoms with Gasteiger partial charge in [0.15, 0.2) is 6.61 Å². The van der Waals surface area contributed by atoms with Crippen LogP contribution in [0.3, 0.4) is 0 Å². The highest BCUT2D eigenvalue weighted by molar-refractivity contribution is 6.32. The quantitative estimate of drug-likeness (QED) is 0.666. The molecule has 0 bridgehead atoms. The second kappa shape index (κ2) is 6.78. The van der Waals surface area contributed by atoms with E-state index in [0.717, 1.165) is 6.07 Å². The highest BCUT2D eigenvalue weighted by atomic mass is 35.5. The molecular weight excluding hydrogens is 350 g/mol. The third kappa shape index (κ3) is 3.53. The van der Waals surface area contributed by atoms with Crippen LogP contribution in [0.5, 0.6) is 5.75 Å². The number of nitrogens with one attached hydrogen (secondary N) is 1. The molecule has 0 fully saturated rings. The summed E-state index contributed by atoms with van der Waals surface area (Å²) in [5.74, 6) is -0.338. The molecule has 25 heavy (non-hydrogen) atoms. The molecule has 1 aliphatic heterocycles. The van der Waals surface area contributed by atoms with Gasteiger partial charge in [-0.2, -0.15) is 0 Å². The minimum absolute atomic E-state index is 0.0275. The van der Waals surface area contributed by atoms with E-state index in [2.05, 4.69) is 5.32 Å². The number of anilines is 2. The van der Waals surface area contributed by atoms with Gasteiger partial charge in [0, 0.05) is 11.8 Å². The predicted molar refractivity (Wildman–Crippen MR) is 91.0 cm³/mol. The summed E-state index contributed by atoms with van der Waals surface area (Å²) < 4.78 is 5.31. The summed E-state index contributed by atoms with van der Waals surface area (Å²) in [5, 5.41) is 13.4. The van der Waals surface area contributed by atoms with Crippen molar-refractivity contribution in [2.75, 3.05) is 23.4 Å². The Labute approximate surface area is 147 Å². The first kappa shape index (κ1) is 16.7. The standard InChI is InChI=1S/C16H12ClN3O5/c17-11-6-5-10(7-13(11)20(23)24)18-15(21)8-19-12-3-1-2-4-14(12)25-9-16(19)22/h1-7H,8-9H2,(H,18,21). The molecule has 0 spiro atoms. The minimum atomic E-state index is -0.639. The third-order valence-corrected chi connectivity index (χ3v) is 3.86. The van der Waals surface area contributed by atoms with Crippen LogP contribution in [-0.4, -0.2) is 29.9 Å². The molecule has 1 aliphatic rings. The number of carbonyl (C=O) groups is 2. The van der Waals surface area contributed by atoms with Crippen molar-refractivity contribution in [2.24, 2.45) is 0 Å². The van der Waals surface area contributed by atoms with Gasteiger partial charge >= 0.3 is 0 Å². The molecule has 2 aromatic carbocycles. The zero-order chi connectivity index (χ0) is 18.0. The second-order valence-corrected chi connectivity index (χ2v) is 5.61. The van der Waals surface area contributed by atoms with Crippen molar-refractivity contribution in [3.8, 4) is 5.75 Å². The number of amides is 2. The van der Waals surface area contributed by atoms with Crippen molar-refractivity contribution >= 4 is 40.5 Å². The van der Waals surface area contributed by atoms with Gasteiger partial charge in [-0.3, -0.25) is 24.6 Å². The highest BCUT2D eigenvalue weighted by Crippen LogP contribution is 2.31. The lowest BCUT2D eigenvalue weighted by molar-refractivity contribution is -0.384. The Kier molecular flexibility index (Phi) is 4.53. The number of fused-ring (bicyclic) bond motifs is 1. The van der Waals surface area contributed by atoms with E-state index in [0.29, 0.717) is 11.4 Å². The third-order valence-electron chi connectivity index (χ3n) is 3.54. The Balaban J connectivity index is 1.76. The first-order valence-electron chi connectivity index (χ1n) is 7.21. The summed E-state index contributed by atoms with van der Waals surface area (Å²) in [4.78, 5) is 35.9. The average molecular weight is 362 g/mol. The number of ether oxygens (including phenoxy) is 1. The minimum Gasteiger partial charge on any atom is -0.482 e. The highest BCUT2D eigenvalue weighted by Gasteiger charge is 2.27. The van der Waals surface area contributed by atoms with Crippen LogP contribution in [0, 0.1) is 10.1 Å². The van der Waals surface area contributed by atoms with Crippen molar-refractivity contribution in [2.45, 2.75) is 0 Å². The fourth-order valence-electron chi connectivity index (χ4n) is 2.40. The number of benzene rings is 2. The topological polar surface area (TPSA) is 102 Å². The summed E-state index contributed by atoms with van der Waals surface area (Å²) in [6.45, 7) is -0.396. The number of hydrogen-bond acceptors (Lipinski definition) is 5. The van der Waals surface area contributed by atoms with Crippen LogP contribution in [-0.2, 0) is 9.59 Å². The molecule has 1 heterocycles. The maximum absolute atomic E-state index is 12.3. The molecule has 0 atom stereocenters. The maximum Gasteiger partial charge on any atom is 0.289 e. The zero-order valence-corrected chi connectivity index (χ0v) is 13.5. The van der Waals surface area contributed by atoms with Crippen molar-refractivity contribution in [1.82, 2.24) is 0 Å². The van der Waals surface area contributed by atoms with Gasteiger partial charge in [-0.1, -0.05) is 23.7 Å². The van der Waals surface area contributed by atoms with Crippen molar-refractivity contribution in [1.29, 1.82) is 0 Å². The zero-order valence-electron chi connectivity index (χ0n) is 12.8. The van der Waals surface area contributed by atoms with Gasteiger partial charge in [-0.15, -0.1) is 0 Å². The van der Waals surface area contributed by atoms with Crippen molar-refractivity contribution < 1.29 is 19.2 Å². The molecular formula is C16H12ClN3O5. The molecule has 0 saturated carbocycles. The summed E-state index contributed by atoms with van der Waals surface area (Å²) in [6.07, 6.45) is 0. The van der Waals surface area contributed by atoms with Crippen LogP contribution in [0.2, 0.25) is 5.02 Å². The number of nitrogens with zero attached hydrogens (tertiary/aromatic N) is 2. The Morgan fingerprint density at radius 1 is 1.32 bits per heavy atom. The van der Waals surface area contributed by atoms with Crippen LogP contribution in [0.25, 0.3) is 0 Å². The smallest absolute Gasteiger partial charge is 0.289 e. The molecule has 0 unspecified atom stereocenters. The number of halogens is 1. The lowest BCUT2D eigenvalue weighted by Gasteiger charge is -2.28. The SMILES string of the molecule is O=C(CN1C(=O)COc2ccccc21)Nc1ccc(Cl)c([N+](=O)[O-])c1. The molecule has 2 amide bonds. The van der Waals surface area contributed by atoms with Crippen LogP contribution < -0.4 is 15.0 Å². The molecule has 0 aromatic heterocycles. The summed E-state index contributed by atoms with van der Waals surface area (Å²) in [5.41, 5.74) is 0.401. The summed E-state index contributed by atoms with van der Waals surface area (Å²) in [6, 6.07) is 10.8. The first-order valence-corrected chi connectivity index (χ1v) is 7.59. The van der Waals surface area contributed by atoms with Crippen LogP contribution in [0.4, 0.5) is 17.1 Å². The van der Waals surface area contributed by atoms with E-state index in [1.54, 1.807) is 24.3 Å². The maximum atomic E-state index is 12.3. The average Bonchev–Trinajstić information content (AvgIpc) is 2.59. The van der Waals surface area contributed by atoms with E-state index in [9.17, 15) is 19.7 Å². The lowest BCUT2D eigenvalue weighted by atomic mass is 10.2. The van der Waals surface area contributed by atoms with Gasteiger partial charge < -0.3 is 10.1 Å². The van der Waals surface area contributed by atoms with E-state index in [1.165, 1.54) is 17.0 Å². The molecule has 8 nitrogen and oxygen atoms in total. The number of hydrogen-bond donors (Lipinski definition) is 1. The van der Waals surface area contributed by atoms with Gasteiger partial charge in [0.1, 0.15) is 17.3 Å². The molecule has 9 heteroatoms. The number of para-hydroxylation sites is 2. The summed E-state index contributed by atoms with van der Waals surface area (Å²) in [7, 11) is 0. The van der Waals surface area contributed by atoms with Crippen molar-refractivity contribution in [3.05, 3.63) is 57.6 Å². The molecule has 1 N–H and O–H groups in total. The number of rotatable bonds is 4. The number of nitro groups is 1. The lowest BCUT2D eigenvalue weighted by Crippen LogP contribution is -2.43. The first-order chi connectivity index (χ1) is 12.0. The van der Waals surface area contributed by atoms with E-state index in [1.807, 2.05) is 0 Å². The number of carbonyl (C=O) groups excluding carboxylic acids is 2. The predicted octanol–water partition coefficient (Wildman–Crippen LogP) is 2.61. The van der Waals surface area contributed by atoms with E-state index in [4.69, 9.17) is 16.3 Å². The monoisotopic (exact) mass is 361 g/mol. The largest absolute Gasteiger partial charge is 0.482 e. The van der Waals surface area contributed by atoms with E-state index < -0.39 is 10.8 Å². The normalized spacial score (nSPS) is 13.0. The van der Waals surface area contributed by atoms with Gasteiger partial charge in [0.2, 0.25) is 5.91 Å². The van der Waals surface area contributed by atoms with Crippen LogP contribution >= 0.6 is 11.6 Å². The molecule has 0 aliphatic carbocycles. The fraction of sp³-hybridized carbons (Fsp3) is 0.125. The van der Waals surface area contributed by atoms with Gasteiger partial charge in [0.05, 0.1) is 10.6 Å². The molecule has 0 saturated heterocycles. The van der Waals surface area contributed by atoms with Gasteiger partial charge in [0.25, 0.3) is 11.6 Å². The van der Waals surface area contributed by atoms with Crippen molar-refractivity contribution in [3.63, 3.8) is 0 Å². The Hall–Kier alpha value is -3.13. The van der Waals surface area contributed by atoms with Crippen LogP contribution in [0.15, 0.2) is 42.5 Å². The molecule has 2 aromatic rings. The Morgan fingerprint density at radius 2 is 2.08 bits per heavy atom. The Bertz CT molecular complexity index is 871. The second-order valence-electron chi connectivity index (χ2n) is 5.21. The van der Waals surface area contributed by atoms with E-state index >= 15 is 0 Å². The van der Waals surface area contributed by atoms with E-state index in [-0.39, 0.29) is 35.5 Å².